The van der Waals surface area contributed by atoms with Crippen LogP contribution in [0.5, 0.6) is 0 Å². The number of aromatic nitrogens is 2. The number of hydrogen-bond donors (Lipinski definition) is 3. The number of alkyl halides is 3. The molecule has 4 aromatic rings. The summed E-state index contributed by atoms with van der Waals surface area (Å²) in [5.74, 6) is -1.29. The van der Waals surface area contributed by atoms with Gasteiger partial charge in [-0.25, -0.2) is 9.07 Å². The number of halogens is 4. The molecule has 0 unspecified atom stereocenters. The van der Waals surface area contributed by atoms with Gasteiger partial charge in [-0.05, 0) is 71.8 Å². The van der Waals surface area contributed by atoms with Crippen LogP contribution in [0.2, 0.25) is 0 Å². The maximum Gasteiger partial charge on any atom is 0.435 e. The van der Waals surface area contributed by atoms with Crippen LogP contribution >= 0.6 is 0 Å². The molecule has 1 atom stereocenters. The van der Waals surface area contributed by atoms with Gasteiger partial charge in [0.2, 0.25) is 0 Å². The number of nitrogen functional groups attached to an aromatic ring is 1. The predicted octanol–water partition coefficient (Wildman–Crippen LogP) is 5.84. The number of nitrogens with one attached hydrogen (secondary N) is 1. The molecule has 7 nitrogen and oxygen atoms in total. The second kappa shape index (κ2) is 11.1. The third-order valence-electron chi connectivity index (χ3n) is 6.57. The van der Waals surface area contributed by atoms with Crippen LogP contribution in [-0.2, 0) is 17.5 Å². The first-order valence-electron chi connectivity index (χ1n) is 12.7. The molecule has 5 rings (SSSR count). The quantitative estimate of drug-likeness (QED) is 0.178. The SMILES string of the molecule is NCc1cccc(-n2nc(C(F)(F)F)cc2C(=O)Nc2cc([C@@H](OCC3CC3)c3cccc(N)c3)ccc2F)c1. The lowest BCUT2D eigenvalue weighted by molar-refractivity contribution is -0.141. The van der Waals surface area contributed by atoms with Crippen LogP contribution in [0.4, 0.5) is 28.9 Å². The molecule has 40 heavy (non-hydrogen) atoms. The molecule has 11 heteroatoms. The van der Waals surface area contributed by atoms with Gasteiger partial charge in [0, 0.05) is 18.3 Å². The van der Waals surface area contributed by atoms with Crippen molar-refractivity contribution < 1.29 is 27.1 Å². The van der Waals surface area contributed by atoms with Crippen LogP contribution in [-0.4, -0.2) is 22.3 Å². The smallest absolute Gasteiger partial charge is 0.399 e. The minimum absolute atomic E-state index is 0.137. The molecule has 1 aliphatic carbocycles. The van der Waals surface area contributed by atoms with Crippen LogP contribution in [0.15, 0.2) is 72.8 Å². The lowest BCUT2D eigenvalue weighted by atomic mass is 10.00. The van der Waals surface area contributed by atoms with Crippen molar-refractivity contribution in [3.8, 4) is 5.69 Å². The maximum atomic E-state index is 14.9. The number of carbonyl (C=O) groups excluding carboxylic acids is 1. The fourth-order valence-corrected chi connectivity index (χ4v) is 4.31. The summed E-state index contributed by atoms with van der Waals surface area (Å²) in [5.41, 5.74) is 12.4. The first-order valence-corrected chi connectivity index (χ1v) is 12.7. The molecule has 1 fully saturated rings. The van der Waals surface area contributed by atoms with Crippen LogP contribution in [0.25, 0.3) is 5.69 Å². The first-order chi connectivity index (χ1) is 19.1. The summed E-state index contributed by atoms with van der Waals surface area (Å²) in [7, 11) is 0. The van der Waals surface area contributed by atoms with E-state index in [1.807, 2.05) is 6.07 Å². The molecule has 3 aromatic carbocycles. The van der Waals surface area contributed by atoms with E-state index in [9.17, 15) is 22.4 Å². The standard InChI is InChI=1S/C29H27F4N5O2/c30-23-10-9-20(27(40-16-17-7-8-17)19-4-2-5-21(35)12-19)13-24(23)36-28(39)25-14-26(29(31,32)33)37-38(25)22-6-1-3-18(11-22)15-34/h1-6,9-14,17,27H,7-8,15-16,34-35H2,(H,36,39)/t27-/m0/s1. The number of nitrogens with zero attached hydrogens (tertiary/aromatic N) is 2. The average Bonchev–Trinajstić information content (AvgIpc) is 3.63. The zero-order valence-electron chi connectivity index (χ0n) is 21.3. The number of amides is 1. The van der Waals surface area contributed by atoms with Crippen molar-refractivity contribution in [3.05, 3.63) is 107 Å². The topological polar surface area (TPSA) is 108 Å². The van der Waals surface area contributed by atoms with Gasteiger partial charge < -0.3 is 21.5 Å². The molecule has 1 heterocycles. The Morgan fingerprint density at radius 2 is 1.80 bits per heavy atom. The number of anilines is 2. The second-order valence-electron chi connectivity index (χ2n) is 9.72. The Morgan fingerprint density at radius 3 is 2.50 bits per heavy atom. The number of ether oxygens (including phenoxy) is 1. The van der Waals surface area contributed by atoms with E-state index in [-0.39, 0.29) is 17.9 Å². The molecule has 0 aliphatic heterocycles. The number of hydrogen-bond acceptors (Lipinski definition) is 5. The third-order valence-corrected chi connectivity index (χ3v) is 6.57. The van der Waals surface area contributed by atoms with Gasteiger partial charge in [0.25, 0.3) is 5.91 Å². The highest BCUT2D eigenvalue weighted by Gasteiger charge is 2.36. The van der Waals surface area contributed by atoms with Crippen molar-refractivity contribution in [1.29, 1.82) is 0 Å². The van der Waals surface area contributed by atoms with E-state index in [1.54, 1.807) is 30.3 Å². The number of carbonyl (C=O) groups is 1. The Morgan fingerprint density at radius 1 is 1.05 bits per heavy atom. The lowest BCUT2D eigenvalue weighted by Gasteiger charge is -2.20. The first kappa shape index (κ1) is 27.4. The summed E-state index contributed by atoms with van der Waals surface area (Å²) in [6.45, 7) is 0.637. The number of nitrogens with two attached hydrogens (primary N) is 2. The van der Waals surface area contributed by atoms with Gasteiger partial charge in [-0.3, -0.25) is 4.79 Å². The molecule has 0 bridgehead atoms. The normalized spacial score (nSPS) is 14.2. The third kappa shape index (κ3) is 6.16. The van der Waals surface area contributed by atoms with E-state index in [1.165, 1.54) is 30.3 Å². The molecular weight excluding hydrogens is 526 g/mol. The van der Waals surface area contributed by atoms with E-state index in [0.717, 1.165) is 23.1 Å². The summed E-state index contributed by atoms with van der Waals surface area (Å²) in [6.07, 6.45) is -3.27. The Hall–Kier alpha value is -4.22. The van der Waals surface area contributed by atoms with E-state index >= 15 is 0 Å². The van der Waals surface area contributed by atoms with Crippen LogP contribution in [0.3, 0.4) is 0 Å². The Kier molecular flexibility index (Phi) is 7.59. The van der Waals surface area contributed by atoms with Crippen molar-refractivity contribution in [3.63, 3.8) is 0 Å². The van der Waals surface area contributed by atoms with Crippen molar-refractivity contribution in [2.75, 3.05) is 17.7 Å². The molecule has 0 radical (unpaired) electrons. The van der Waals surface area contributed by atoms with Gasteiger partial charge in [-0.1, -0.05) is 30.3 Å². The van der Waals surface area contributed by atoms with Gasteiger partial charge >= 0.3 is 6.18 Å². The second-order valence-corrected chi connectivity index (χ2v) is 9.72. The monoisotopic (exact) mass is 553 g/mol. The van der Waals surface area contributed by atoms with Crippen LogP contribution in [0, 0.1) is 11.7 Å². The molecule has 1 aliphatic rings. The summed E-state index contributed by atoms with van der Waals surface area (Å²) in [6, 6.07) is 18.2. The summed E-state index contributed by atoms with van der Waals surface area (Å²) < 4.78 is 62.6. The van der Waals surface area contributed by atoms with Crippen LogP contribution in [0.1, 0.15) is 51.8 Å². The van der Waals surface area contributed by atoms with Gasteiger partial charge in [0.15, 0.2) is 5.69 Å². The molecule has 0 spiro atoms. The highest BCUT2D eigenvalue weighted by atomic mass is 19.4. The number of rotatable bonds is 9. The van der Waals surface area contributed by atoms with Crippen molar-refractivity contribution >= 4 is 17.3 Å². The summed E-state index contributed by atoms with van der Waals surface area (Å²) in [5, 5.41) is 6.04. The lowest BCUT2D eigenvalue weighted by Crippen LogP contribution is -2.18. The molecule has 1 amide bonds. The fourth-order valence-electron chi connectivity index (χ4n) is 4.31. The molecule has 208 valence electrons. The van der Waals surface area contributed by atoms with Crippen molar-refractivity contribution in [1.82, 2.24) is 9.78 Å². The minimum atomic E-state index is -4.80. The molecule has 1 saturated carbocycles. The van der Waals surface area contributed by atoms with Crippen molar-refractivity contribution in [2.24, 2.45) is 11.7 Å². The average molecular weight is 554 g/mol. The number of benzene rings is 3. The van der Waals surface area contributed by atoms with Gasteiger partial charge in [0.05, 0.1) is 18.0 Å². The van der Waals surface area contributed by atoms with Gasteiger partial charge in [0.1, 0.15) is 17.6 Å². The minimum Gasteiger partial charge on any atom is -0.399 e. The zero-order valence-corrected chi connectivity index (χ0v) is 21.3. The van der Waals surface area contributed by atoms with Gasteiger partial charge in [-0.15, -0.1) is 0 Å². The van der Waals surface area contributed by atoms with E-state index in [0.29, 0.717) is 35.4 Å². The highest BCUT2D eigenvalue weighted by molar-refractivity contribution is 6.03. The Balaban J connectivity index is 1.49. The maximum absolute atomic E-state index is 14.9. The Labute approximate surface area is 227 Å². The molecule has 5 N–H and O–H groups in total. The summed E-state index contributed by atoms with van der Waals surface area (Å²) in [4.78, 5) is 13.3. The molecular formula is C29H27F4N5O2. The summed E-state index contributed by atoms with van der Waals surface area (Å²) >= 11 is 0. The zero-order chi connectivity index (χ0) is 28.4. The van der Waals surface area contributed by atoms with Crippen LogP contribution < -0.4 is 16.8 Å². The predicted molar refractivity (Wildman–Crippen MR) is 142 cm³/mol. The highest BCUT2D eigenvalue weighted by Crippen LogP contribution is 2.35. The molecule has 1 aromatic heterocycles. The fraction of sp³-hybridized carbons (Fsp3) is 0.241. The van der Waals surface area contributed by atoms with Crippen molar-refractivity contribution in [2.45, 2.75) is 31.7 Å². The van der Waals surface area contributed by atoms with E-state index < -0.39 is 35.4 Å². The van der Waals surface area contributed by atoms with E-state index in [2.05, 4.69) is 10.4 Å². The van der Waals surface area contributed by atoms with Gasteiger partial charge in [-0.2, -0.15) is 18.3 Å². The largest absolute Gasteiger partial charge is 0.435 e. The van der Waals surface area contributed by atoms with E-state index in [4.69, 9.17) is 16.2 Å². The Bertz CT molecular complexity index is 1530. The molecule has 0 saturated heterocycles.